The van der Waals surface area contributed by atoms with Crippen molar-refractivity contribution < 1.29 is 37.5 Å². The number of benzene rings is 1. The summed E-state index contributed by atoms with van der Waals surface area (Å²) in [4.78, 5) is 53.2. The number of hydrogen-bond donors (Lipinski definition) is 3. The number of alkyl halides is 3. The SMILES string of the molecule is Cc1ccc(NC(=O)[C@@H]2[C@H]3CC[C@H](C3)N2C(=O)Cn2nc(C(N)=O)c3ccccc32)nc1Cl.O=C(O)C(F)(F)F. The van der Waals surface area contributed by atoms with Gasteiger partial charge in [0, 0.05) is 11.4 Å². The van der Waals surface area contributed by atoms with E-state index in [0.717, 1.165) is 24.8 Å². The number of nitrogens with zero attached hydrogens (tertiary/aromatic N) is 4. The number of carboxylic acid groups (broad SMARTS) is 1. The number of amides is 3. The highest BCUT2D eigenvalue weighted by Crippen LogP contribution is 2.43. The van der Waals surface area contributed by atoms with Crippen LogP contribution in [0.4, 0.5) is 19.0 Å². The number of halogens is 4. The van der Waals surface area contributed by atoms with Crippen molar-refractivity contribution in [3.8, 4) is 0 Å². The average Bonchev–Trinajstić information content (AvgIpc) is 3.60. The van der Waals surface area contributed by atoms with Gasteiger partial charge in [-0.05, 0) is 49.8 Å². The minimum absolute atomic E-state index is 0.00486. The zero-order valence-corrected chi connectivity index (χ0v) is 21.7. The Morgan fingerprint density at radius 2 is 1.82 bits per heavy atom. The number of nitrogens with one attached hydrogen (secondary N) is 1. The molecule has 2 bridgehead atoms. The molecule has 0 unspecified atom stereocenters. The van der Waals surface area contributed by atoms with E-state index in [1.54, 1.807) is 35.2 Å². The van der Waals surface area contributed by atoms with E-state index < -0.39 is 24.1 Å². The number of carboxylic acids is 1. The van der Waals surface area contributed by atoms with E-state index in [1.165, 1.54) is 4.68 Å². The predicted octanol–water partition coefficient (Wildman–Crippen LogP) is 3.14. The molecule has 2 fully saturated rings. The topological polar surface area (TPSA) is 161 Å². The molecule has 11 nitrogen and oxygen atoms in total. The fraction of sp³-hybridized carbons (Fsp3) is 0.360. The quantitative estimate of drug-likeness (QED) is 0.391. The number of nitrogens with two attached hydrogens (primary N) is 1. The third-order valence-electron chi connectivity index (χ3n) is 6.85. The van der Waals surface area contributed by atoms with Crippen LogP contribution in [0.1, 0.15) is 35.3 Å². The van der Waals surface area contributed by atoms with Crippen LogP contribution in [-0.4, -0.2) is 66.7 Å². The molecule has 3 aromatic rings. The number of aromatic nitrogens is 3. The number of carbonyl (C=O) groups is 4. The van der Waals surface area contributed by atoms with E-state index in [9.17, 15) is 27.6 Å². The van der Waals surface area contributed by atoms with Crippen LogP contribution < -0.4 is 11.1 Å². The Morgan fingerprint density at radius 1 is 1.15 bits per heavy atom. The van der Waals surface area contributed by atoms with Crippen LogP contribution in [0.25, 0.3) is 10.9 Å². The standard InChI is InChI=1S/C23H23ClN6O3.C2HF3O2/c1-12-6-9-17(26-21(12)24)27-23(33)20-13-7-8-14(10-13)30(20)18(31)11-29-16-5-3-2-4-15(16)19(28-29)22(25)32;3-2(4,5)1(6)7/h2-6,9,13-14,20H,7-8,10-11H2,1H3,(H2,25,32)(H,26,27,33);(H,6,7)/t13-,14+,20-;/m0./s1. The molecule has 0 spiro atoms. The molecule has 2 aliphatic rings. The third kappa shape index (κ3) is 5.86. The fourth-order valence-corrected chi connectivity index (χ4v) is 5.25. The van der Waals surface area contributed by atoms with Gasteiger partial charge in [0.2, 0.25) is 11.8 Å². The zero-order valence-electron chi connectivity index (χ0n) is 21.0. The molecule has 15 heteroatoms. The minimum atomic E-state index is -5.08. The molecule has 1 saturated carbocycles. The van der Waals surface area contributed by atoms with Crippen LogP contribution in [0.15, 0.2) is 36.4 Å². The first-order chi connectivity index (χ1) is 18.8. The molecular formula is C25H24ClF3N6O5. The summed E-state index contributed by atoms with van der Waals surface area (Å²) in [6.07, 6.45) is -2.54. The van der Waals surface area contributed by atoms with Gasteiger partial charge in [-0.1, -0.05) is 35.9 Å². The van der Waals surface area contributed by atoms with Gasteiger partial charge in [0.05, 0.1) is 5.52 Å². The number of primary amides is 1. The Balaban J connectivity index is 0.000000470. The average molecular weight is 581 g/mol. The number of anilines is 1. The Kier molecular flexibility index (Phi) is 8.00. The Hall–Kier alpha value is -4.20. The van der Waals surface area contributed by atoms with Crippen LogP contribution in [0.2, 0.25) is 5.15 Å². The van der Waals surface area contributed by atoms with Crippen molar-refractivity contribution in [2.45, 2.75) is 51.0 Å². The zero-order chi connectivity index (χ0) is 29.4. The second-order valence-corrected chi connectivity index (χ2v) is 9.81. The maximum atomic E-state index is 13.4. The number of hydrogen-bond acceptors (Lipinski definition) is 6. The number of carbonyl (C=O) groups excluding carboxylic acids is 3. The van der Waals surface area contributed by atoms with Gasteiger partial charge in [0.25, 0.3) is 5.91 Å². The van der Waals surface area contributed by atoms with E-state index >= 15 is 0 Å². The van der Waals surface area contributed by atoms with Gasteiger partial charge in [-0.15, -0.1) is 0 Å². The van der Waals surface area contributed by atoms with Crippen LogP contribution in [-0.2, 0) is 20.9 Å². The molecule has 212 valence electrons. The molecule has 4 N–H and O–H groups in total. The van der Waals surface area contributed by atoms with Crippen LogP contribution in [0, 0.1) is 12.8 Å². The largest absolute Gasteiger partial charge is 0.490 e. The second kappa shape index (κ2) is 11.1. The third-order valence-corrected chi connectivity index (χ3v) is 7.23. The molecule has 3 atom stereocenters. The molecular weight excluding hydrogens is 557 g/mol. The molecule has 3 amide bonds. The van der Waals surface area contributed by atoms with Crippen molar-refractivity contribution in [1.29, 1.82) is 0 Å². The van der Waals surface area contributed by atoms with Crippen LogP contribution >= 0.6 is 11.6 Å². The smallest absolute Gasteiger partial charge is 0.475 e. The highest BCUT2D eigenvalue weighted by Gasteiger charge is 2.51. The van der Waals surface area contributed by atoms with Gasteiger partial charge in [0.15, 0.2) is 5.69 Å². The van der Waals surface area contributed by atoms with E-state index in [2.05, 4.69) is 15.4 Å². The van der Waals surface area contributed by atoms with Crippen molar-refractivity contribution in [2.24, 2.45) is 11.7 Å². The van der Waals surface area contributed by atoms with Gasteiger partial charge < -0.3 is 21.1 Å². The maximum absolute atomic E-state index is 13.4. The van der Waals surface area contributed by atoms with Crippen LogP contribution in [0.3, 0.4) is 0 Å². The monoisotopic (exact) mass is 580 g/mol. The first kappa shape index (κ1) is 28.8. The Labute approximate surface area is 230 Å². The second-order valence-electron chi connectivity index (χ2n) is 9.46. The molecule has 1 saturated heterocycles. The molecule has 40 heavy (non-hydrogen) atoms. The van der Waals surface area contributed by atoms with E-state index in [0.29, 0.717) is 21.9 Å². The highest BCUT2D eigenvalue weighted by atomic mass is 35.5. The number of piperidine rings is 1. The first-order valence-corrected chi connectivity index (χ1v) is 12.5. The summed E-state index contributed by atoms with van der Waals surface area (Å²) in [5, 5.41) is 15.2. The number of para-hydroxylation sites is 1. The van der Waals surface area contributed by atoms with E-state index in [1.807, 2.05) is 13.0 Å². The van der Waals surface area contributed by atoms with Crippen LogP contribution in [0.5, 0.6) is 0 Å². The first-order valence-electron chi connectivity index (χ1n) is 12.1. The lowest BCUT2D eigenvalue weighted by Gasteiger charge is -2.34. The maximum Gasteiger partial charge on any atom is 0.490 e. The molecule has 1 aliphatic heterocycles. The lowest BCUT2D eigenvalue weighted by molar-refractivity contribution is -0.192. The van der Waals surface area contributed by atoms with Crippen molar-refractivity contribution >= 4 is 52.0 Å². The van der Waals surface area contributed by atoms with Gasteiger partial charge in [-0.2, -0.15) is 18.3 Å². The summed E-state index contributed by atoms with van der Waals surface area (Å²) in [6, 6.07) is 10.0. The highest BCUT2D eigenvalue weighted by molar-refractivity contribution is 6.30. The number of fused-ring (bicyclic) bond motifs is 3. The van der Waals surface area contributed by atoms with Crippen molar-refractivity contribution in [3.63, 3.8) is 0 Å². The van der Waals surface area contributed by atoms with Crippen molar-refractivity contribution in [3.05, 3.63) is 52.8 Å². The summed E-state index contributed by atoms with van der Waals surface area (Å²) in [7, 11) is 0. The lowest BCUT2D eigenvalue weighted by Crippen LogP contribution is -2.52. The number of pyridine rings is 1. The fourth-order valence-electron chi connectivity index (χ4n) is 5.10. The summed E-state index contributed by atoms with van der Waals surface area (Å²) >= 11 is 6.09. The molecule has 2 aromatic heterocycles. The van der Waals surface area contributed by atoms with E-state index in [-0.39, 0.29) is 36.0 Å². The van der Waals surface area contributed by atoms with Gasteiger partial charge in [-0.3, -0.25) is 19.1 Å². The summed E-state index contributed by atoms with van der Waals surface area (Å²) in [6.45, 7) is 1.75. The van der Waals surface area contributed by atoms with E-state index in [4.69, 9.17) is 27.2 Å². The molecule has 0 radical (unpaired) electrons. The summed E-state index contributed by atoms with van der Waals surface area (Å²) < 4.78 is 33.2. The normalized spacial score (nSPS) is 19.7. The predicted molar refractivity (Wildman–Crippen MR) is 136 cm³/mol. The number of aryl methyl sites for hydroxylation is 1. The summed E-state index contributed by atoms with van der Waals surface area (Å²) in [5.41, 5.74) is 7.05. The van der Waals surface area contributed by atoms with Gasteiger partial charge in [-0.25, -0.2) is 9.78 Å². The number of likely N-dealkylation sites (tertiary alicyclic amines) is 1. The molecule has 3 heterocycles. The Morgan fingerprint density at radius 3 is 2.45 bits per heavy atom. The lowest BCUT2D eigenvalue weighted by atomic mass is 9.97. The number of rotatable bonds is 5. The molecule has 5 rings (SSSR count). The van der Waals surface area contributed by atoms with Crippen molar-refractivity contribution in [1.82, 2.24) is 19.7 Å². The van der Waals surface area contributed by atoms with Gasteiger partial charge in [0.1, 0.15) is 23.6 Å². The summed E-state index contributed by atoms with van der Waals surface area (Å²) in [5.74, 6) is -3.45. The van der Waals surface area contributed by atoms with Crippen molar-refractivity contribution in [2.75, 3.05) is 5.32 Å². The molecule has 1 aromatic carbocycles. The minimum Gasteiger partial charge on any atom is -0.475 e. The number of aliphatic carboxylic acids is 1. The van der Waals surface area contributed by atoms with Gasteiger partial charge >= 0.3 is 12.1 Å². The Bertz CT molecular complexity index is 1490. The molecule has 1 aliphatic carbocycles.